The van der Waals surface area contributed by atoms with E-state index in [1.54, 1.807) is 31.3 Å². The molecule has 3 aromatic heterocycles. The molecule has 0 unspecified atom stereocenters. The molecule has 0 amide bonds. The molecule has 154 valence electrons. The third-order valence-electron chi connectivity index (χ3n) is 3.77. The highest BCUT2D eigenvalue weighted by Gasteiger charge is 2.19. The van der Waals surface area contributed by atoms with Gasteiger partial charge in [0.1, 0.15) is 11.1 Å². The van der Waals surface area contributed by atoms with Gasteiger partial charge in [0.2, 0.25) is 11.8 Å². The minimum Gasteiger partial charge on any atom is -0.478 e. The first-order valence-corrected chi connectivity index (χ1v) is 9.11. The summed E-state index contributed by atoms with van der Waals surface area (Å²) in [6, 6.07) is 7.10. The molecule has 29 heavy (non-hydrogen) atoms. The molecule has 1 N–H and O–H groups in total. The zero-order valence-corrected chi connectivity index (χ0v) is 17.3. The molecule has 0 spiro atoms. The van der Waals surface area contributed by atoms with Crippen molar-refractivity contribution in [2.45, 2.75) is 20.8 Å². The molecule has 3 heterocycles. The predicted octanol–water partition coefficient (Wildman–Crippen LogP) is 4.16. The highest BCUT2D eigenvalue weighted by atomic mass is 35.5. The Balaban J connectivity index is 0.00000300. The van der Waals surface area contributed by atoms with Gasteiger partial charge in [-0.1, -0.05) is 0 Å². The number of carbonyl (C=O) groups excluding carboxylic acids is 1. The smallest absolute Gasteiger partial charge is 0.341 e. The molecule has 0 atom stereocenters. The molecule has 0 saturated carbocycles. The average molecular weight is 419 g/mol. The standard InChI is InChI=1S/C20H22N4O4.ClH/c1-4-26-16-9-7-13(11-22-16)23-18-14(20(25)28-6-3)12-21-15-8-10-17(27-5-2)24-19(15)18;/h7-12H,4-6H2,1-3H3,(H,21,23);1H. The van der Waals surface area contributed by atoms with Crippen LogP contribution in [0.4, 0.5) is 11.4 Å². The van der Waals surface area contributed by atoms with Gasteiger partial charge in [-0.3, -0.25) is 4.98 Å². The summed E-state index contributed by atoms with van der Waals surface area (Å²) >= 11 is 0. The van der Waals surface area contributed by atoms with E-state index < -0.39 is 5.97 Å². The van der Waals surface area contributed by atoms with Gasteiger partial charge in [0.25, 0.3) is 0 Å². The van der Waals surface area contributed by atoms with Crippen molar-refractivity contribution < 1.29 is 19.0 Å². The maximum absolute atomic E-state index is 12.5. The lowest BCUT2D eigenvalue weighted by Gasteiger charge is -2.14. The van der Waals surface area contributed by atoms with Crippen LogP contribution < -0.4 is 14.8 Å². The van der Waals surface area contributed by atoms with Crippen LogP contribution in [0.15, 0.2) is 36.7 Å². The van der Waals surface area contributed by atoms with Crippen LogP contribution in [0.5, 0.6) is 11.8 Å². The molecular formula is C20H23ClN4O4. The number of carbonyl (C=O) groups is 1. The van der Waals surface area contributed by atoms with Gasteiger partial charge in [0.15, 0.2) is 0 Å². The van der Waals surface area contributed by atoms with Gasteiger partial charge < -0.3 is 19.5 Å². The average Bonchev–Trinajstić information content (AvgIpc) is 2.70. The number of hydrogen-bond acceptors (Lipinski definition) is 8. The molecule has 0 aromatic carbocycles. The van der Waals surface area contributed by atoms with Gasteiger partial charge in [0.05, 0.1) is 42.9 Å². The third-order valence-corrected chi connectivity index (χ3v) is 3.77. The van der Waals surface area contributed by atoms with Gasteiger partial charge in [-0.15, -0.1) is 12.4 Å². The Labute approximate surface area is 175 Å². The number of pyridine rings is 3. The van der Waals surface area contributed by atoms with E-state index in [0.29, 0.717) is 47.4 Å². The highest BCUT2D eigenvalue weighted by molar-refractivity contribution is 6.04. The van der Waals surface area contributed by atoms with Gasteiger partial charge >= 0.3 is 5.97 Å². The molecule has 0 aliphatic heterocycles. The second kappa shape index (κ2) is 10.4. The van der Waals surface area contributed by atoms with Crippen molar-refractivity contribution in [1.82, 2.24) is 15.0 Å². The molecule has 0 fully saturated rings. The summed E-state index contributed by atoms with van der Waals surface area (Å²) in [4.78, 5) is 25.5. The Hall–Kier alpha value is -3.13. The first kappa shape index (κ1) is 22.2. The summed E-state index contributed by atoms with van der Waals surface area (Å²) < 4.78 is 16.0. The van der Waals surface area contributed by atoms with Gasteiger partial charge in [-0.2, -0.15) is 0 Å². The second-order valence-electron chi connectivity index (χ2n) is 5.66. The molecule has 0 aliphatic rings. The Kier molecular flexibility index (Phi) is 7.97. The van der Waals surface area contributed by atoms with Crippen LogP contribution in [0, 0.1) is 0 Å². The summed E-state index contributed by atoms with van der Waals surface area (Å²) in [5.41, 5.74) is 2.56. The number of fused-ring (bicyclic) bond motifs is 1. The second-order valence-corrected chi connectivity index (χ2v) is 5.66. The lowest BCUT2D eigenvalue weighted by atomic mass is 10.1. The topological polar surface area (TPSA) is 95.5 Å². The fourth-order valence-corrected chi connectivity index (χ4v) is 2.60. The van der Waals surface area contributed by atoms with Gasteiger partial charge in [-0.05, 0) is 32.9 Å². The number of aromatic nitrogens is 3. The number of nitrogens with zero attached hydrogens (tertiary/aromatic N) is 3. The Morgan fingerprint density at radius 1 is 0.931 bits per heavy atom. The van der Waals surface area contributed by atoms with E-state index in [2.05, 4.69) is 20.3 Å². The van der Waals surface area contributed by atoms with Crippen molar-refractivity contribution in [3.05, 3.63) is 42.2 Å². The van der Waals surface area contributed by atoms with Gasteiger partial charge in [0, 0.05) is 18.3 Å². The zero-order valence-electron chi connectivity index (χ0n) is 16.5. The number of rotatable bonds is 8. The van der Waals surface area contributed by atoms with E-state index >= 15 is 0 Å². The fraction of sp³-hybridized carbons (Fsp3) is 0.300. The number of esters is 1. The number of anilines is 2. The van der Waals surface area contributed by atoms with Crippen LogP contribution in [0.25, 0.3) is 11.0 Å². The van der Waals surface area contributed by atoms with E-state index in [1.165, 1.54) is 6.20 Å². The number of halogens is 1. The van der Waals surface area contributed by atoms with Crippen molar-refractivity contribution in [1.29, 1.82) is 0 Å². The maximum atomic E-state index is 12.5. The molecule has 9 heteroatoms. The molecule has 0 saturated heterocycles. The van der Waals surface area contributed by atoms with E-state index in [9.17, 15) is 4.79 Å². The van der Waals surface area contributed by atoms with Crippen LogP contribution in [0.2, 0.25) is 0 Å². The first-order chi connectivity index (χ1) is 13.7. The summed E-state index contributed by atoms with van der Waals surface area (Å²) in [6.07, 6.45) is 3.10. The largest absolute Gasteiger partial charge is 0.478 e. The lowest BCUT2D eigenvalue weighted by Crippen LogP contribution is -2.10. The van der Waals surface area contributed by atoms with Crippen LogP contribution in [-0.2, 0) is 4.74 Å². The normalized spacial score (nSPS) is 10.2. The highest BCUT2D eigenvalue weighted by Crippen LogP contribution is 2.30. The molecule has 3 aromatic rings. The van der Waals surface area contributed by atoms with Crippen LogP contribution in [0.3, 0.4) is 0 Å². The Bertz CT molecular complexity index is 967. The number of ether oxygens (including phenoxy) is 3. The minimum absolute atomic E-state index is 0. The predicted molar refractivity (Wildman–Crippen MR) is 113 cm³/mol. The van der Waals surface area contributed by atoms with Crippen molar-refractivity contribution in [3.63, 3.8) is 0 Å². The Morgan fingerprint density at radius 3 is 2.31 bits per heavy atom. The SMILES string of the molecule is CCOC(=O)c1cnc2ccc(OCC)nc2c1Nc1ccc(OCC)nc1.Cl. The first-order valence-electron chi connectivity index (χ1n) is 9.11. The summed E-state index contributed by atoms with van der Waals surface area (Å²) in [5, 5.41) is 3.22. The van der Waals surface area contributed by atoms with Crippen molar-refractivity contribution in [2.75, 3.05) is 25.1 Å². The van der Waals surface area contributed by atoms with E-state index in [4.69, 9.17) is 14.2 Å². The zero-order chi connectivity index (χ0) is 19.9. The molecule has 3 rings (SSSR count). The van der Waals surface area contributed by atoms with Crippen LogP contribution in [-0.4, -0.2) is 40.7 Å². The number of nitrogens with one attached hydrogen (secondary N) is 1. The fourth-order valence-electron chi connectivity index (χ4n) is 2.60. The molecule has 8 nitrogen and oxygen atoms in total. The minimum atomic E-state index is -0.484. The van der Waals surface area contributed by atoms with Crippen molar-refractivity contribution in [3.8, 4) is 11.8 Å². The summed E-state index contributed by atoms with van der Waals surface area (Å²) in [6.45, 7) is 6.80. The molecule has 0 aliphatic carbocycles. The molecular weight excluding hydrogens is 396 g/mol. The van der Waals surface area contributed by atoms with E-state index in [1.807, 2.05) is 19.9 Å². The van der Waals surface area contributed by atoms with Gasteiger partial charge in [-0.25, -0.2) is 14.8 Å². The molecule has 0 bridgehead atoms. The maximum Gasteiger partial charge on any atom is 0.341 e. The van der Waals surface area contributed by atoms with E-state index in [-0.39, 0.29) is 24.6 Å². The number of hydrogen-bond donors (Lipinski definition) is 1. The van der Waals surface area contributed by atoms with Crippen molar-refractivity contribution >= 4 is 40.8 Å². The lowest BCUT2D eigenvalue weighted by molar-refractivity contribution is 0.0527. The third kappa shape index (κ3) is 5.23. The summed E-state index contributed by atoms with van der Waals surface area (Å²) in [7, 11) is 0. The monoisotopic (exact) mass is 418 g/mol. The Morgan fingerprint density at radius 2 is 1.66 bits per heavy atom. The summed E-state index contributed by atoms with van der Waals surface area (Å²) in [5.74, 6) is 0.489. The van der Waals surface area contributed by atoms with E-state index in [0.717, 1.165) is 0 Å². The van der Waals surface area contributed by atoms with Crippen LogP contribution >= 0.6 is 12.4 Å². The van der Waals surface area contributed by atoms with Crippen molar-refractivity contribution in [2.24, 2.45) is 0 Å². The quantitative estimate of drug-likeness (QED) is 0.544. The van der Waals surface area contributed by atoms with Crippen LogP contribution in [0.1, 0.15) is 31.1 Å². The molecule has 0 radical (unpaired) electrons.